The van der Waals surface area contributed by atoms with Crippen molar-refractivity contribution in [3.8, 4) is 0 Å². The molecule has 1 aromatic carbocycles. The predicted octanol–water partition coefficient (Wildman–Crippen LogP) is 2.81. The second-order valence-corrected chi connectivity index (χ2v) is 4.43. The van der Waals surface area contributed by atoms with E-state index in [4.69, 9.17) is 4.74 Å². The third-order valence-corrected chi connectivity index (χ3v) is 2.83. The Kier molecular flexibility index (Phi) is 5.45. The first-order valence-corrected chi connectivity index (χ1v) is 6.83. The normalized spacial score (nSPS) is 10.4. The largest absolute Gasteiger partial charge is 0.374 e. The average molecular weight is 290 g/mol. The molecule has 0 saturated carbocycles. The number of halogens is 1. The standard InChI is InChI=1S/C15H19FN4O/c1-3-21-10-15-19-13(17-2)8-14(20-15)18-9-11-5-4-6-12(16)7-11/h4-8H,3,9-10H2,1-2H3,(H2,17,18,19,20). The Balaban J connectivity index is 2.07. The summed E-state index contributed by atoms with van der Waals surface area (Å²) in [6, 6.07) is 8.26. The zero-order valence-corrected chi connectivity index (χ0v) is 12.2. The smallest absolute Gasteiger partial charge is 0.158 e. The zero-order chi connectivity index (χ0) is 15.1. The van der Waals surface area contributed by atoms with E-state index < -0.39 is 0 Å². The van der Waals surface area contributed by atoms with E-state index in [0.29, 0.717) is 37.2 Å². The summed E-state index contributed by atoms with van der Waals surface area (Å²) >= 11 is 0. The molecule has 0 unspecified atom stereocenters. The summed E-state index contributed by atoms with van der Waals surface area (Å²) in [5, 5.41) is 6.15. The van der Waals surface area contributed by atoms with Crippen molar-refractivity contribution in [1.29, 1.82) is 0 Å². The van der Waals surface area contributed by atoms with Crippen molar-refractivity contribution in [3.63, 3.8) is 0 Å². The van der Waals surface area contributed by atoms with Crippen LogP contribution < -0.4 is 10.6 Å². The molecule has 1 heterocycles. The Morgan fingerprint density at radius 1 is 1.19 bits per heavy atom. The lowest BCUT2D eigenvalue weighted by Gasteiger charge is -2.10. The van der Waals surface area contributed by atoms with Crippen LogP contribution in [0.3, 0.4) is 0 Å². The second kappa shape index (κ2) is 7.54. The zero-order valence-electron chi connectivity index (χ0n) is 12.2. The van der Waals surface area contributed by atoms with Gasteiger partial charge in [-0.15, -0.1) is 0 Å². The highest BCUT2D eigenvalue weighted by molar-refractivity contribution is 5.47. The van der Waals surface area contributed by atoms with Gasteiger partial charge in [0.25, 0.3) is 0 Å². The van der Waals surface area contributed by atoms with Gasteiger partial charge in [-0.2, -0.15) is 0 Å². The number of ether oxygens (including phenoxy) is 1. The van der Waals surface area contributed by atoms with Crippen molar-refractivity contribution in [2.24, 2.45) is 0 Å². The summed E-state index contributed by atoms with van der Waals surface area (Å²) in [5.74, 6) is 1.74. The number of benzene rings is 1. The molecule has 2 N–H and O–H groups in total. The third kappa shape index (κ3) is 4.68. The monoisotopic (exact) mass is 290 g/mol. The fourth-order valence-corrected chi connectivity index (χ4v) is 1.81. The van der Waals surface area contributed by atoms with Gasteiger partial charge in [0, 0.05) is 26.3 Å². The summed E-state index contributed by atoms with van der Waals surface area (Å²) in [5.41, 5.74) is 0.853. The van der Waals surface area contributed by atoms with Crippen LogP contribution in [0.25, 0.3) is 0 Å². The molecule has 0 radical (unpaired) electrons. The summed E-state index contributed by atoms with van der Waals surface area (Å²) in [7, 11) is 1.79. The van der Waals surface area contributed by atoms with Gasteiger partial charge in [0.1, 0.15) is 24.1 Å². The van der Waals surface area contributed by atoms with Crippen molar-refractivity contribution in [3.05, 3.63) is 47.5 Å². The molecule has 0 saturated heterocycles. The predicted molar refractivity (Wildman–Crippen MR) is 80.6 cm³/mol. The third-order valence-electron chi connectivity index (χ3n) is 2.83. The highest BCUT2D eigenvalue weighted by Crippen LogP contribution is 2.13. The topological polar surface area (TPSA) is 59.1 Å². The van der Waals surface area contributed by atoms with Gasteiger partial charge >= 0.3 is 0 Å². The molecule has 5 nitrogen and oxygen atoms in total. The summed E-state index contributed by atoms with van der Waals surface area (Å²) in [6.45, 7) is 3.39. The van der Waals surface area contributed by atoms with E-state index in [9.17, 15) is 4.39 Å². The average Bonchev–Trinajstić information content (AvgIpc) is 2.51. The summed E-state index contributed by atoms with van der Waals surface area (Å²) in [6.07, 6.45) is 0. The van der Waals surface area contributed by atoms with Gasteiger partial charge in [-0.1, -0.05) is 12.1 Å². The van der Waals surface area contributed by atoms with Crippen LogP contribution in [0.5, 0.6) is 0 Å². The molecular weight excluding hydrogens is 271 g/mol. The highest BCUT2D eigenvalue weighted by atomic mass is 19.1. The maximum Gasteiger partial charge on any atom is 0.158 e. The number of aromatic nitrogens is 2. The fraction of sp³-hybridized carbons (Fsp3) is 0.333. The minimum Gasteiger partial charge on any atom is -0.374 e. The maximum absolute atomic E-state index is 13.1. The van der Waals surface area contributed by atoms with Gasteiger partial charge in [0.15, 0.2) is 5.82 Å². The minimum atomic E-state index is -0.245. The molecule has 0 aliphatic carbocycles. The molecule has 0 aliphatic heterocycles. The van der Waals surface area contributed by atoms with Gasteiger partial charge in [-0.3, -0.25) is 0 Å². The first-order chi connectivity index (χ1) is 10.2. The molecule has 112 valence electrons. The van der Waals surface area contributed by atoms with Crippen molar-refractivity contribution < 1.29 is 9.13 Å². The molecule has 0 atom stereocenters. The van der Waals surface area contributed by atoms with Crippen LogP contribution in [0.4, 0.5) is 16.0 Å². The molecular formula is C15H19FN4O. The van der Waals surface area contributed by atoms with Gasteiger partial charge in [-0.05, 0) is 24.6 Å². The Bertz CT molecular complexity index is 592. The minimum absolute atomic E-state index is 0.245. The Labute approximate surface area is 123 Å². The highest BCUT2D eigenvalue weighted by Gasteiger charge is 2.04. The van der Waals surface area contributed by atoms with Gasteiger partial charge in [-0.25, -0.2) is 14.4 Å². The molecule has 2 aromatic rings. The number of anilines is 2. The summed E-state index contributed by atoms with van der Waals surface area (Å²) in [4.78, 5) is 8.69. The van der Waals surface area contributed by atoms with Crippen LogP contribution in [0.2, 0.25) is 0 Å². The molecule has 0 spiro atoms. The molecule has 0 aliphatic rings. The number of nitrogens with zero attached hydrogens (tertiary/aromatic N) is 2. The van der Waals surface area contributed by atoms with Gasteiger partial charge < -0.3 is 15.4 Å². The molecule has 2 rings (SSSR count). The van der Waals surface area contributed by atoms with E-state index >= 15 is 0 Å². The van der Waals surface area contributed by atoms with Gasteiger partial charge in [0.05, 0.1) is 0 Å². The molecule has 21 heavy (non-hydrogen) atoms. The fourth-order valence-electron chi connectivity index (χ4n) is 1.81. The van der Waals surface area contributed by atoms with E-state index in [1.54, 1.807) is 19.2 Å². The van der Waals surface area contributed by atoms with Crippen LogP contribution >= 0.6 is 0 Å². The van der Waals surface area contributed by atoms with Crippen molar-refractivity contribution in [1.82, 2.24) is 9.97 Å². The first-order valence-electron chi connectivity index (χ1n) is 6.83. The van der Waals surface area contributed by atoms with Crippen molar-refractivity contribution >= 4 is 11.6 Å². The van der Waals surface area contributed by atoms with Crippen LogP contribution in [0.15, 0.2) is 30.3 Å². The van der Waals surface area contributed by atoms with Crippen molar-refractivity contribution in [2.45, 2.75) is 20.1 Å². The molecule has 1 aromatic heterocycles. The van der Waals surface area contributed by atoms with Crippen LogP contribution in [-0.2, 0) is 17.9 Å². The van der Waals surface area contributed by atoms with E-state index in [0.717, 1.165) is 5.56 Å². The van der Waals surface area contributed by atoms with Crippen LogP contribution in [0, 0.1) is 5.82 Å². The lowest BCUT2D eigenvalue weighted by atomic mass is 10.2. The summed E-state index contributed by atoms with van der Waals surface area (Å²) < 4.78 is 18.5. The Morgan fingerprint density at radius 2 is 2.00 bits per heavy atom. The van der Waals surface area contributed by atoms with E-state index in [1.165, 1.54) is 12.1 Å². The van der Waals surface area contributed by atoms with E-state index in [2.05, 4.69) is 20.6 Å². The Hall–Kier alpha value is -2.21. The lowest BCUT2D eigenvalue weighted by Crippen LogP contribution is -2.08. The maximum atomic E-state index is 13.1. The second-order valence-electron chi connectivity index (χ2n) is 4.43. The molecule has 6 heteroatoms. The Morgan fingerprint density at radius 3 is 2.71 bits per heavy atom. The van der Waals surface area contributed by atoms with E-state index in [-0.39, 0.29) is 5.82 Å². The van der Waals surface area contributed by atoms with Gasteiger partial charge in [0.2, 0.25) is 0 Å². The van der Waals surface area contributed by atoms with E-state index in [1.807, 2.05) is 13.0 Å². The van der Waals surface area contributed by atoms with Crippen LogP contribution in [0.1, 0.15) is 18.3 Å². The molecule has 0 bridgehead atoms. The molecule has 0 amide bonds. The first kappa shape index (κ1) is 15.2. The van der Waals surface area contributed by atoms with Crippen molar-refractivity contribution in [2.75, 3.05) is 24.3 Å². The number of hydrogen-bond donors (Lipinski definition) is 2. The quantitative estimate of drug-likeness (QED) is 0.821. The number of nitrogens with one attached hydrogen (secondary N) is 2. The lowest BCUT2D eigenvalue weighted by molar-refractivity contribution is 0.128. The van der Waals surface area contributed by atoms with Crippen LogP contribution in [-0.4, -0.2) is 23.6 Å². The SMILES string of the molecule is CCOCc1nc(NC)cc(NCc2cccc(F)c2)n1. The molecule has 0 fully saturated rings. The number of hydrogen-bond acceptors (Lipinski definition) is 5. The number of rotatable bonds is 7.